The Kier molecular flexibility index (Phi) is 4.34. The second-order valence-electron chi connectivity index (χ2n) is 4.79. The number of allylic oxidation sites excluding steroid dienone is 2. The SMILES string of the molecule is O=C(O)c1cccc([N+](=O)[O-])c1NCC1CC=CCC1. The molecule has 1 aliphatic rings. The highest BCUT2D eigenvalue weighted by molar-refractivity contribution is 5.96. The molecule has 0 heterocycles. The van der Waals surface area contributed by atoms with Gasteiger partial charge in [-0.05, 0) is 31.2 Å². The molecule has 0 fully saturated rings. The van der Waals surface area contributed by atoms with Crippen LogP contribution in [0.1, 0.15) is 29.6 Å². The van der Waals surface area contributed by atoms with E-state index in [9.17, 15) is 14.9 Å². The number of anilines is 1. The first kappa shape index (κ1) is 14.0. The summed E-state index contributed by atoms with van der Waals surface area (Å²) in [5, 5.41) is 23.1. The van der Waals surface area contributed by atoms with Gasteiger partial charge < -0.3 is 10.4 Å². The molecule has 0 bridgehead atoms. The monoisotopic (exact) mass is 276 g/mol. The van der Waals surface area contributed by atoms with Gasteiger partial charge in [-0.2, -0.15) is 0 Å². The van der Waals surface area contributed by atoms with Gasteiger partial charge in [0.2, 0.25) is 0 Å². The fourth-order valence-corrected chi connectivity index (χ4v) is 2.34. The van der Waals surface area contributed by atoms with Crippen molar-refractivity contribution in [3.8, 4) is 0 Å². The van der Waals surface area contributed by atoms with Gasteiger partial charge in [0, 0.05) is 12.6 Å². The number of aromatic carboxylic acids is 1. The predicted octanol–water partition coefficient (Wildman–Crippen LogP) is 3.06. The van der Waals surface area contributed by atoms with Crippen molar-refractivity contribution in [2.24, 2.45) is 5.92 Å². The van der Waals surface area contributed by atoms with Crippen molar-refractivity contribution < 1.29 is 14.8 Å². The summed E-state index contributed by atoms with van der Waals surface area (Å²) in [4.78, 5) is 21.6. The quantitative estimate of drug-likeness (QED) is 0.490. The Bertz CT molecular complexity index is 522. The van der Waals surface area contributed by atoms with Gasteiger partial charge in [-0.3, -0.25) is 10.1 Å². The lowest BCUT2D eigenvalue weighted by atomic mass is 9.94. The van der Waals surface area contributed by atoms with Gasteiger partial charge in [-0.25, -0.2) is 4.79 Å². The molecule has 106 valence electrons. The third-order valence-electron chi connectivity index (χ3n) is 3.41. The first-order valence-electron chi connectivity index (χ1n) is 6.49. The molecule has 1 aromatic carbocycles. The molecular weight excluding hydrogens is 260 g/mol. The zero-order valence-electron chi connectivity index (χ0n) is 10.9. The van der Waals surface area contributed by atoms with Gasteiger partial charge >= 0.3 is 5.97 Å². The number of rotatable bonds is 5. The van der Waals surface area contributed by atoms with Crippen LogP contribution in [0.2, 0.25) is 0 Å². The summed E-state index contributed by atoms with van der Waals surface area (Å²) in [6, 6.07) is 4.07. The molecule has 1 aliphatic carbocycles. The predicted molar refractivity (Wildman–Crippen MR) is 75.0 cm³/mol. The van der Waals surface area contributed by atoms with Gasteiger partial charge in [0.25, 0.3) is 5.69 Å². The maximum absolute atomic E-state index is 11.2. The van der Waals surface area contributed by atoms with Crippen LogP contribution in [0.3, 0.4) is 0 Å². The van der Waals surface area contributed by atoms with Crippen molar-refractivity contribution in [1.82, 2.24) is 0 Å². The average molecular weight is 276 g/mol. The molecular formula is C14H16N2O4. The molecule has 0 saturated carbocycles. The van der Waals surface area contributed by atoms with Crippen LogP contribution in [-0.4, -0.2) is 22.5 Å². The van der Waals surface area contributed by atoms with Crippen molar-refractivity contribution in [1.29, 1.82) is 0 Å². The minimum absolute atomic E-state index is 0.0643. The molecule has 2 N–H and O–H groups in total. The number of carbonyl (C=O) groups is 1. The number of benzene rings is 1. The van der Waals surface area contributed by atoms with E-state index in [2.05, 4.69) is 17.5 Å². The molecule has 2 rings (SSSR count). The smallest absolute Gasteiger partial charge is 0.338 e. The Balaban J connectivity index is 2.21. The van der Waals surface area contributed by atoms with Crippen LogP contribution in [0.15, 0.2) is 30.4 Å². The summed E-state index contributed by atoms with van der Waals surface area (Å²) in [5.74, 6) is -0.791. The zero-order valence-corrected chi connectivity index (χ0v) is 10.9. The van der Waals surface area contributed by atoms with Crippen molar-refractivity contribution in [3.05, 3.63) is 46.0 Å². The number of para-hydroxylation sites is 1. The summed E-state index contributed by atoms with van der Waals surface area (Å²) in [7, 11) is 0. The van der Waals surface area contributed by atoms with Crippen LogP contribution < -0.4 is 5.32 Å². The fraction of sp³-hybridized carbons (Fsp3) is 0.357. The van der Waals surface area contributed by atoms with E-state index in [-0.39, 0.29) is 16.9 Å². The molecule has 1 atom stereocenters. The molecule has 0 amide bonds. The second-order valence-corrected chi connectivity index (χ2v) is 4.79. The second kappa shape index (κ2) is 6.18. The molecule has 0 aliphatic heterocycles. The van der Waals surface area contributed by atoms with Crippen LogP contribution in [0, 0.1) is 16.0 Å². The molecule has 0 aromatic heterocycles. The number of nitrogens with one attached hydrogen (secondary N) is 1. The minimum atomic E-state index is -1.17. The fourth-order valence-electron chi connectivity index (χ4n) is 2.34. The van der Waals surface area contributed by atoms with Crippen molar-refractivity contribution in [2.45, 2.75) is 19.3 Å². The normalized spacial score (nSPS) is 17.7. The number of nitro benzene ring substituents is 1. The summed E-state index contributed by atoms with van der Waals surface area (Å²) in [5.41, 5.74) is -0.165. The summed E-state index contributed by atoms with van der Waals surface area (Å²) in [6.07, 6.45) is 7.12. The van der Waals surface area contributed by atoms with E-state index in [1.807, 2.05) is 0 Å². The van der Waals surface area contributed by atoms with Gasteiger partial charge in [0.15, 0.2) is 0 Å². The number of carboxylic acid groups (broad SMARTS) is 1. The Hall–Kier alpha value is -2.37. The van der Waals surface area contributed by atoms with Gasteiger partial charge in [0.1, 0.15) is 5.69 Å². The standard InChI is InChI=1S/C14H16N2O4/c17-14(18)11-7-4-8-12(16(19)20)13(11)15-9-10-5-2-1-3-6-10/h1-2,4,7-8,10,15H,3,5-6,9H2,(H,17,18). The number of hydrogen-bond donors (Lipinski definition) is 2. The van der Waals surface area contributed by atoms with Gasteiger partial charge in [-0.1, -0.05) is 18.2 Å². The van der Waals surface area contributed by atoms with Crippen LogP contribution in [0.25, 0.3) is 0 Å². The highest BCUT2D eigenvalue weighted by Crippen LogP contribution is 2.29. The molecule has 0 spiro atoms. The molecule has 6 nitrogen and oxygen atoms in total. The third-order valence-corrected chi connectivity index (χ3v) is 3.41. The highest BCUT2D eigenvalue weighted by Gasteiger charge is 2.22. The Labute approximate surface area is 116 Å². The first-order valence-corrected chi connectivity index (χ1v) is 6.49. The highest BCUT2D eigenvalue weighted by atomic mass is 16.6. The molecule has 1 unspecified atom stereocenters. The number of nitrogens with zero attached hydrogens (tertiary/aromatic N) is 1. The summed E-state index contributed by atoms with van der Waals surface area (Å²) < 4.78 is 0. The van der Waals surface area contributed by atoms with E-state index in [4.69, 9.17) is 5.11 Å². The number of nitro groups is 1. The lowest BCUT2D eigenvalue weighted by molar-refractivity contribution is -0.384. The number of hydrogen-bond acceptors (Lipinski definition) is 4. The minimum Gasteiger partial charge on any atom is -0.478 e. The van der Waals surface area contributed by atoms with Crippen molar-refractivity contribution >= 4 is 17.3 Å². The van der Waals surface area contributed by atoms with Crippen LogP contribution >= 0.6 is 0 Å². The van der Waals surface area contributed by atoms with E-state index < -0.39 is 10.9 Å². The molecule has 6 heteroatoms. The van der Waals surface area contributed by atoms with E-state index >= 15 is 0 Å². The van der Waals surface area contributed by atoms with Gasteiger partial charge in [0.05, 0.1) is 10.5 Å². The van der Waals surface area contributed by atoms with Crippen molar-refractivity contribution in [3.63, 3.8) is 0 Å². The largest absolute Gasteiger partial charge is 0.478 e. The van der Waals surface area contributed by atoms with Gasteiger partial charge in [-0.15, -0.1) is 0 Å². The maximum atomic E-state index is 11.2. The third kappa shape index (κ3) is 3.14. The van der Waals surface area contributed by atoms with Crippen LogP contribution in [0.4, 0.5) is 11.4 Å². The Morgan fingerprint density at radius 3 is 2.85 bits per heavy atom. The first-order chi connectivity index (χ1) is 9.59. The maximum Gasteiger partial charge on any atom is 0.338 e. The van der Waals surface area contributed by atoms with E-state index in [1.165, 1.54) is 18.2 Å². The van der Waals surface area contributed by atoms with Crippen LogP contribution in [-0.2, 0) is 0 Å². The van der Waals surface area contributed by atoms with E-state index in [0.717, 1.165) is 19.3 Å². The zero-order chi connectivity index (χ0) is 14.5. The molecule has 1 aromatic rings. The topological polar surface area (TPSA) is 92.5 Å². The number of carboxylic acids is 1. The van der Waals surface area contributed by atoms with Crippen molar-refractivity contribution in [2.75, 3.05) is 11.9 Å². The Morgan fingerprint density at radius 1 is 1.45 bits per heavy atom. The summed E-state index contributed by atoms with van der Waals surface area (Å²) >= 11 is 0. The van der Waals surface area contributed by atoms with E-state index in [1.54, 1.807) is 0 Å². The molecule has 0 radical (unpaired) electrons. The Morgan fingerprint density at radius 2 is 2.25 bits per heavy atom. The lowest BCUT2D eigenvalue weighted by Crippen LogP contribution is -2.18. The van der Waals surface area contributed by atoms with E-state index in [0.29, 0.717) is 12.5 Å². The molecule has 0 saturated heterocycles. The van der Waals surface area contributed by atoms with Crippen LogP contribution in [0.5, 0.6) is 0 Å². The molecule has 20 heavy (non-hydrogen) atoms. The lowest BCUT2D eigenvalue weighted by Gasteiger charge is -2.19. The average Bonchev–Trinajstić information content (AvgIpc) is 2.45. The summed E-state index contributed by atoms with van der Waals surface area (Å²) in [6.45, 7) is 0.537.